The predicted octanol–water partition coefficient (Wildman–Crippen LogP) is 4.18. The van der Waals surface area contributed by atoms with Gasteiger partial charge in [-0.2, -0.15) is 0 Å². The Bertz CT molecular complexity index is 355. The van der Waals surface area contributed by atoms with E-state index in [1.54, 1.807) is 0 Å². The van der Waals surface area contributed by atoms with E-state index >= 15 is 0 Å². The molecule has 0 saturated carbocycles. The van der Waals surface area contributed by atoms with E-state index in [0.29, 0.717) is 19.8 Å². The SMILES string of the molecule is CCCCOCCOc1c(CBr)cccc1OCC. The standard InChI is InChI=1S/C15H23BrO3/c1-3-5-9-17-10-11-19-15-13(12-16)7-6-8-14(15)18-4-2/h6-8H,3-5,9-12H2,1-2H3. The van der Waals surface area contributed by atoms with Gasteiger partial charge in [-0.25, -0.2) is 0 Å². The molecule has 1 aromatic carbocycles. The molecule has 0 atom stereocenters. The fraction of sp³-hybridized carbons (Fsp3) is 0.600. The van der Waals surface area contributed by atoms with Gasteiger partial charge in [0.15, 0.2) is 11.5 Å². The zero-order valence-electron chi connectivity index (χ0n) is 11.8. The van der Waals surface area contributed by atoms with Crippen LogP contribution in [-0.2, 0) is 10.1 Å². The summed E-state index contributed by atoms with van der Waals surface area (Å²) in [7, 11) is 0. The molecule has 108 valence electrons. The molecule has 3 nitrogen and oxygen atoms in total. The van der Waals surface area contributed by atoms with Gasteiger partial charge in [-0.3, -0.25) is 0 Å². The van der Waals surface area contributed by atoms with Crippen LogP contribution in [0.3, 0.4) is 0 Å². The third-order valence-electron chi connectivity index (χ3n) is 2.62. The first-order valence-corrected chi connectivity index (χ1v) is 7.96. The smallest absolute Gasteiger partial charge is 0.165 e. The summed E-state index contributed by atoms with van der Waals surface area (Å²) in [5.41, 5.74) is 1.10. The number of hydrogen-bond donors (Lipinski definition) is 0. The van der Waals surface area contributed by atoms with Gasteiger partial charge in [-0.05, 0) is 19.4 Å². The number of para-hydroxylation sites is 1. The van der Waals surface area contributed by atoms with E-state index in [-0.39, 0.29) is 0 Å². The average molecular weight is 331 g/mol. The maximum atomic E-state index is 5.81. The van der Waals surface area contributed by atoms with E-state index in [9.17, 15) is 0 Å². The topological polar surface area (TPSA) is 27.7 Å². The van der Waals surface area contributed by atoms with Crippen molar-refractivity contribution in [3.8, 4) is 11.5 Å². The minimum atomic E-state index is 0.549. The van der Waals surface area contributed by atoms with Crippen LogP contribution in [0.2, 0.25) is 0 Å². The monoisotopic (exact) mass is 330 g/mol. The lowest BCUT2D eigenvalue weighted by Crippen LogP contribution is -2.09. The molecule has 0 aliphatic heterocycles. The highest BCUT2D eigenvalue weighted by molar-refractivity contribution is 9.08. The van der Waals surface area contributed by atoms with Crippen LogP contribution in [0.4, 0.5) is 0 Å². The van der Waals surface area contributed by atoms with Crippen molar-refractivity contribution in [2.45, 2.75) is 32.0 Å². The summed E-state index contributed by atoms with van der Waals surface area (Å²) in [4.78, 5) is 0. The third-order valence-corrected chi connectivity index (χ3v) is 3.22. The van der Waals surface area contributed by atoms with Crippen molar-refractivity contribution < 1.29 is 14.2 Å². The molecule has 0 aliphatic carbocycles. The summed E-state index contributed by atoms with van der Waals surface area (Å²) in [5.74, 6) is 1.62. The molecule has 1 aromatic rings. The van der Waals surface area contributed by atoms with Crippen molar-refractivity contribution in [3.63, 3.8) is 0 Å². The highest BCUT2D eigenvalue weighted by Crippen LogP contribution is 2.32. The number of alkyl halides is 1. The zero-order chi connectivity index (χ0) is 13.9. The maximum Gasteiger partial charge on any atom is 0.165 e. The van der Waals surface area contributed by atoms with Gasteiger partial charge in [-0.1, -0.05) is 41.4 Å². The Hall–Kier alpha value is -0.740. The Morgan fingerprint density at radius 1 is 1.05 bits per heavy atom. The highest BCUT2D eigenvalue weighted by atomic mass is 79.9. The molecule has 0 spiro atoms. The van der Waals surface area contributed by atoms with Gasteiger partial charge in [0.05, 0.1) is 13.2 Å². The Morgan fingerprint density at radius 3 is 2.58 bits per heavy atom. The lowest BCUT2D eigenvalue weighted by molar-refractivity contribution is 0.0964. The van der Waals surface area contributed by atoms with Crippen molar-refractivity contribution in [3.05, 3.63) is 23.8 Å². The van der Waals surface area contributed by atoms with E-state index in [1.165, 1.54) is 0 Å². The molecule has 0 unspecified atom stereocenters. The van der Waals surface area contributed by atoms with Crippen LogP contribution < -0.4 is 9.47 Å². The van der Waals surface area contributed by atoms with Crippen molar-refractivity contribution in [1.82, 2.24) is 0 Å². The van der Waals surface area contributed by atoms with Gasteiger partial charge in [0.2, 0.25) is 0 Å². The number of ether oxygens (including phenoxy) is 3. The molecular formula is C15H23BrO3. The molecule has 0 saturated heterocycles. The molecule has 0 fully saturated rings. The van der Waals surface area contributed by atoms with Crippen molar-refractivity contribution >= 4 is 15.9 Å². The second-order valence-corrected chi connectivity index (χ2v) is 4.69. The molecule has 0 amide bonds. The van der Waals surface area contributed by atoms with Crippen LogP contribution in [0.25, 0.3) is 0 Å². The Balaban J connectivity index is 2.50. The second-order valence-electron chi connectivity index (χ2n) is 4.13. The van der Waals surface area contributed by atoms with E-state index < -0.39 is 0 Å². The van der Waals surface area contributed by atoms with Crippen LogP contribution in [0.15, 0.2) is 18.2 Å². The molecule has 4 heteroatoms. The third kappa shape index (κ3) is 5.83. The lowest BCUT2D eigenvalue weighted by Gasteiger charge is -2.15. The average Bonchev–Trinajstić information content (AvgIpc) is 2.44. The summed E-state index contributed by atoms with van der Waals surface area (Å²) in [5, 5.41) is 0.750. The lowest BCUT2D eigenvalue weighted by atomic mass is 10.2. The maximum absolute atomic E-state index is 5.81. The zero-order valence-corrected chi connectivity index (χ0v) is 13.4. The van der Waals surface area contributed by atoms with Gasteiger partial charge in [0, 0.05) is 17.5 Å². The number of benzene rings is 1. The first-order chi connectivity index (χ1) is 9.33. The molecule has 0 radical (unpaired) electrons. The van der Waals surface area contributed by atoms with Crippen molar-refractivity contribution in [2.24, 2.45) is 0 Å². The first-order valence-electron chi connectivity index (χ1n) is 6.84. The number of hydrogen-bond acceptors (Lipinski definition) is 3. The second kappa shape index (κ2) is 10.1. The van der Waals surface area contributed by atoms with Crippen LogP contribution in [0, 0.1) is 0 Å². The van der Waals surface area contributed by atoms with E-state index in [0.717, 1.165) is 41.8 Å². The van der Waals surface area contributed by atoms with Gasteiger partial charge in [0.1, 0.15) is 6.61 Å². The summed E-state index contributed by atoms with van der Waals surface area (Å²) in [6.45, 7) is 6.72. The minimum absolute atomic E-state index is 0.549. The minimum Gasteiger partial charge on any atom is -0.490 e. The summed E-state index contributed by atoms with van der Waals surface area (Å²) >= 11 is 3.47. The number of halogens is 1. The van der Waals surface area contributed by atoms with Gasteiger partial charge in [0.25, 0.3) is 0 Å². The van der Waals surface area contributed by atoms with Gasteiger partial charge >= 0.3 is 0 Å². The van der Waals surface area contributed by atoms with Crippen LogP contribution in [0.1, 0.15) is 32.3 Å². The van der Waals surface area contributed by atoms with Crippen molar-refractivity contribution in [1.29, 1.82) is 0 Å². The van der Waals surface area contributed by atoms with E-state index in [4.69, 9.17) is 14.2 Å². The van der Waals surface area contributed by atoms with Crippen LogP contribution >= 0.6 is 15.9 Å². The predicted molar refractivity (Wildman–Crippen MR) is 81.5 cm³/mol. The Morgan fingerprint density at radius 2 is 1.89 bits per heavy atom. The molecule has 0 aliphatic rings. The molecule has 1 rings (SSSR count). The van der Waals surface area contributed by atoms with Crippen molar-refractivity contribution in [2.75, 3.05) is 26.4 Å². The molecule has 0 aromatic heterocycles. The number of rotatable bonds is 10. The van der Waals surface area contributed by atoms with Gasteiger partial charge in [-0.15, -0.1) is 0 Å². The highest BCUT2D eigenvalue weighted by Gasteiger charge is 2.09. The molecule has 0 bridgehead atoms. The summed E-state index contributed by atoms with van der Waals surface area (Å²) in [6.07, 6.45) is 2.25. The normalized spacial score (nSPS) is 10.5. The molecule has 0 heterocycles. The molecule has 0 N–H and O–H groups in total. The Labute approximate surface area is 124 Å². The molecular weight excluding hydrogens is 308 g/mol. The Kier molecular flexibility index (Phi) is 8.67. The fourth-order valence-electron chi connectivity index (χ4n) is 1.65. The van der Waals surface area contributed by atoms with E-state index in [1.807, 2.05) is 25.1 Å². The molecule has 19 heavy (non-hydrogen) atoms. The van der Waals surface area contributed by atoms with Crippen LogP contribution in [0.5, 0.6) is 11.5 Å². The van der Waals surface area contributed by atoms with Crippen LogP contribution in [-0.4, -0.2) is 26.4 Å². The summed E-state index contributed by atoms with van der Waals surface area (Å²) < 4.78 is 16.9. The first kappa shape index (κ1) is 16.3. The number of unbranched alkanes of at least 4 members (excludes halogenated alkanes) is 1. The van der Waals surface area contributed by atoms with Gasteiger partial charge < -0.3 is 14.2 Å². The summed E-state index contributed by atoms with van der Waals surface area (Å²) in [6, 6.07) is 5.94. The largest absolute Gasteiger partial charge is 0.490 e. The fourth-order valence-corrected chi connectivity index (χ4v) is 2.09. The van der Waals surface area contributed by atoms with E-state index in [2.05, 4.69) is 22.9 Å². The quantitative estimate of drug-likeness (QED) is 0.476.